The van der Waals surface area contributed by atoms with Crippen LogP contribution in [-0.4, -0.2) is 43.2 Å². The monoisotopic (exact) mass is 361 g/mol. The lowest BCUT2D eigenvalue weighted by Crippen LogP contribution is -2.40. The van der Waals surface area contributed by atoms with E-state index in [-0.39, 0.29) is 0 Å². The lowest BCUT2D eigenvalue weighted by molar-refractivity contribution is 0.233. The van der Waals surface area contributed by atoms with E-state index in [0.29, 0.717) is 6.04 Å². The van der Waals surface area contributed by atoms with Gasteiger partial charge in [0.2, 0.25) is 5.88 Å². The molecule has 5 heteroatoms. The van der Waals surface area contributed by atoms with Crippen LogP contribution in [0.3, 0.4) is 0 Å². The maximum Gasteiger partial charge on any atom is 0.218 e. The van der Waals surface area contributed by atoms with E-state index in [0.717, 1.165) is 12.4 Å². The van der Waals surface area contributed by atoms with Crippen molar-refractivity contribution < 1.29 is 4.74 Å². The molecule has 1 N–H and O–H groups in total. The lowest BCUT2D eigenvalue weighted by atomic mass is 10.1. The van der Waals surface area contributed by atoms with Crippen molar-refractivity contribution in [3.63, 3.8) is 0 Å². The number of piperidine rings is 1. The third-order valence-corrected chi connectivity index (χ3v) is 4.45. The first-order valence-corrected chi connectivity index (χ1v) is 7.38. The Morgan fingerprint density at radius 2 is 2.22 bits per heavy atom. The first kappa shape index (κ1) is 14.0. The number of nitrogens with one attached hydrogen (secondary N) is 1. The number of methoxy groups -OCH3 is 1. The predicted molar refractivity (Wildman–Crippen MR) is 80.9 cm³/mol. The summed E-state index contributed by atoms with van der Waals surface area (Å²) in [6.07, 6.45) is 4.23. The summed E-state index contributed by atoms with van der Waals surface area (Å²) in [5.74, 6) is 0.738. The Morgan fingerprint density at radius 3 is 2.89 bits per heavy atom. The van der Waals surface area contributed by atoms with E-state index in [1.807, 2.05) is 6.07 Å². The Kier molecular flexibility index (Phi) is 5.20. The van der Waals surface area contributed by atoms with Gasteiger partial charge in [0, 0.05) is 27.9 Å². The molecule has 0 unspecified atom stereocenters. The molecule has 0 bridgehead atoms. The van der Waals surface area contributed by atoms with Crippen LogP contribution in [0.2, 0.25) is 0 Å². The molecule has 0 spiro atoms. The second kappa shape index (κ2) is 6.68. The zero-order valence-corrected chi connectivity index (χ0v) is 13.1. The molecular formula is C13H20IN3O. The van der Waals surface area contributed by atoms with Gasteiger partial charge >= 0.3 is 0 Å². The van der Waals surface area contributed by atoms with E-state index < -0.39 is 0 Å². The van der Waals surface area contributed by atoms with Gasteiger partial charge in [0.05, 0.1) is 7.11 Å². The highest BCUT2D eigenvalue weighted by Gasteiger charge is 2.17. The third-order valence-electron chi connectivity index (χ3n) is 3.44. The fourth-order valence-corrected chi connectivity index (χ4v) is 2.83. The van der Waals surface area contributed by atoms with Crippen LogP contribution in [0, 0.1) is 3.57 Å². The van der Waals surface area contributed by atoms with Gasteiger partial charge in [-0.3, -0.25) is 0 Å². The zero-order valence-electron chi connectivity index (χ0n) is 10.9. The van der Waals surface area contributed by atoms with Gasteiger partial charge in [-0.05, 0) is 61.6 Å². The number of aromatic nitrogens is 1. The van der Waals surface area contributed by atoms with E-state index in [4.69, 9.17) is 4.74 Å². The quantitative estimate of drug-likeness (QED) is 0.832. The summed E-state index contributed by atoms with van der Waals surface area (Å²) < 4.78 is 6.53. The molecular weight excluding hydrogens is 341 g/mol. The Bertz CT molecular complexity index is 392. The van der Waals surface area contributed by atoms with Crippen LogP contribution in [0.4, 0.5) is 0 Å². The highest BCUT2D eigenvalue weighted by molar-refractivity contribution is 14.1. The molecule has 0 aromatic carbocycles. The topological polar surface area (TPSA) is 37.4 Å². The highest BCUT2D eigenvalue weighted by atomic mass is 127. The zero-order chi connectivity index (χ0) is 13.0. The van der Waals surface area contributed by atoms with Crippen LogP contribution >= 0.6 is 22.6 Å². The van der Waals surface area contributed by atoms with Crippen LogP contribution in [0.25, 0.3) is 0 Å². The van der Waals surface area contributed by atoms with E-state index in [1.165, 1.54) is 35.1 Å². The van der Waals surface area contributed by atoms with Crippen molar-refractivity contribution in [3.8, 4) is 5.88 Å². The predicted octanol–water partition coefficient (Wildman–Crippen LogP) is 1.88. The Hall–Kier alpha value is -0.400. The normalized spacial score (nSPS) is 17.9. The van der Waals surface area contributed by atoms with E-state index >= 15 is 0 Å². The van der Waals surface area contributed by atoms with Crippen molar-refractivity contribution in [1.29, 1.82) is 0 Å². The number of nitrogens with zero attached hydrogens (tertiary/aromatic N) is 2. The highest BCUT2D eigenvalue weighted by Crippen LogP contribution is 2.21. The van der Waals surface area contributed by atoms with Gasteiger partial charge in [-0.2, -0.15) is 0 Å². The van der Waals surface area contributed by atoms with Crippen LogP contribution in [0.5, 0.6) is 5.88 Å². The van der Waals surface area contributed by atoms with Gasteiger partial charge in [0.1, 0.15) is 0 Å². The number of pyridine rings is 1. The summed E-state index contributed by atoms with van der Waals surface area (Å²) in [5, 5.41) is 3.62. The van der Waals surface area contributed by atoms with Crippen LogP contribution in [-0.2, 0) is 6.54 Å². The Morgan fingerprint density at radius 1 is 1.50 bits per heavy atom. The van der Waals surface area contributed by atoms with Crippen molar-refractivity contribution in [3.05, 3.63) is 21.4 Å². The molecule has 1 aromatic heterocycles. The summed E-state index contributed by atoms with van der Waals surface area (Å²) in [6, 6.07) is 2.64. The molecule has 2 rings (SSSR count). The number of halogens is 1. The van der Waals surface area contributed by atoms with Crippen molar-refractivity contribution in [1.82, 2.24) is 15.2 Å². The lowest BCUT2D eigenvalue weighted by Gasteiger charge is -2.29. The van der Waals surface area contributed by atoms with Crippen LogP contribution in [0.15, 0.2) is 12.3 Å². The number of likely N-dealkylation sites (tertiary alicyclic amines) is 1. The number of hydrogen-bond donors (Lipinski definition) is 1. The maximum atomic E-state index is 5.32. The van der Waals surface area contributed by atoms with Gasteiger partial charge in [-0.25, -0.2) is 4.98 Å². The molecule has 0 amide bonds. The minimum atomic E-state index is 0.613. The molecule has 100 valence electrons. The average Bonchev–Trinajstić information content (AvgIpc) is 2.39. The SMILES string of the molecule is COc1nccc(I)c1CNC1CCN(C)CC1. The molecule has 1 aliphatic heterocycles. The molecule has 0 saturated carbocycles. The van der Waals surface area contributed by atoms with Gasteiger partial charge in [0.25, 0.3) is 0 Å². The van der Waals surface area contributed by atoms with Gasteiger partial charge in [-0.1, -0.05) is 0 Å². The number of rotatable bonds is 4. The molecule has 0 radical (unpaired) electrons. The second-order valence-electron chi connectivity index (χ2n) is 4.74. The largest absolute Gasteiger partial charge is 0.481 e. The number of ether oxygens (including phenoxy) is 1. The second-order valence-corrected chi connectivity index (χ2v) is 5.90. The average molecular weight is 361 g/mol. The molecule has 1 aliphatic rings. The van der Waals surface area contributed by atoms with Crippen LogP contribution < -0.4 is 10.1 Å². The standard InChI is InChI=1S/C13H20IN3O/c1-17-7-4-10(5-8-17)16-9-11-12(14)3-6-15-13(11)18-2/h3,6,10,16H,4-5,7-9H2,1-2H3. The first-order valence-electron chi connectivity index (χ1n) is 6.30. The molecule has 1 saturated heterocycles. The van der Waals surface area contributed by atoms with Crippen LogP contribution in [0.1, 0.15) is 18.4 Å². The van der Waals surface area contributed by atoms with Crippen molar-refractivity contribution in [2.45, 2.75) is 25.4 Å². The smallest absolute Gasteiger partial charge is 0.218 e. The van der Waals surface area contributed by atoms with E-state index in [9.17, 15) is 0 Å². The minimum Gasteiger partial charge on any atom is -0.481 e. The molecule has 0 atom stereocenters. The Balaban J connectivity index is 1.93. The molecule has 2 heterocycles. The van der Waals surface area contributed by atoms with Gasteiger partial charge < -0.3 is 15.0 Å². The summed E-state index contributed by atoms with van der Waals surface area (Å²) in [7, 11) is 3.86. The van der Waals surface area contributed by atoms with Gasteiger partial charge in [0.15, 0.2) is 0 Å². The molecule has 1 aromatic rings. The van der Waals surface area contributed by atoms with Crippen molar-refractivity contribution in [2.75, 3.05) is 27.2 Å². The summed E-state index contributed by atoms with van der Waals surface area (Å²) in [6.45, 7) is 3.20. The Labute approximate surface area is 122 Å². The molecule has 0 aliphatic carbocycles. The first-order chi connectivity index (χ1) is 8.70. The molecule has 1 fully saturated rings. The number of hydrogen-bond acceptors (Lipinski definition) is 4. The van der Waals surface area contributed by atoms with Gasteiger partial charge in [-0.15, -0.1) is 0 Å². The fourth-order valence-electron chi connectivity index (χ4n) is 2.25. The summed E-state index contributed by atoms with van der Waals surface area (Å²) in [4.78, 5) is 6.64. The third kappa shape index (κ3) is 3.55. The van der Waals surface area contributed by atoms with Crippen molar-refractivity contribution in [2.24, 2.45) is 0 Å². The molecule has 18 heavy (non-hydrogen) atoms. The maximum absolute atomic E-state index is 5.32. The van der Waals surface area contributed by atoms with Crippen molar-refractivity contribution >= 4 is 22.6 Å². The van der Waals surface area contributed by atoms with E-state index in [1.54, 1.807) is 13.3 Å². The summed E-state index contributed by atoms with van der Waals surface area (Å²) >= 11 is 2.34. The van der Waals surface area contributed by atoms with E-state index in [2.05, 4.69) is 44.8 Å². The fraction of sp³-hybridized carbons (Fsp3) is 0.615. The molecule has 4 nitrogen and oxygen atoms in total. The minimum absolute atomic E-state index is 0.613. The summed E-state index contributed by atoms with van der Waals surface area (Å²) in [5.41, 5.74) is 1.17.